The smallest absolute Gasteiger partial charge is 0.400 e. The molecule has 2 heterocycles. The third-order valence-corrected chi connectivity index (χ3v) is 5.60. The average Bonchev–Trinajstić information content (AvgIpc) is 2.73. The van der Waals surface area contributed by atoms with Crippen LogP contribution in [0.25, 0.3) is 6.08 Å². The Hall–Kier alpha value is -1.14. The van der Waals surface area contributed by atoms with Gasteiger partial charge in [0.2, 0.25) is 0 Å². The van der Waals surface area contributed by atoms with Gasteiger partial charge >= 0.3 is 7.12 Å². The molecule has 26 heavy (non-hydrogen) atoms. The fourth-order valence-corrected chi connectivity index (χ4v) is 3.56. The Morgan fingerprint density at radius 2 is 1.54 bits per heavy atom. The number of benzene rings is 1. The maximum atomic E-state index is 6.00. The molecule has 1 aromatic carbocycles. The third-order valence-electron chi connectivity index (χ3n) is 5.60. The Kier molecular flexibility index (Phi) is 5.64. The number of hydrogen-bond acceptors (Lipinski definition) is 4. The molecule has 0 unspecified atom stereocenters. The molecular formula is C21H32BNO3. The van der Waals surface area contributed by atoms with Crippen molar-refractivity contribution in [2.75, 3.05) is 13.1 Å². The van der Waals surface area contributed by atoms with Gasteiger partial charge < -0.3 is 14.0 Å². The van der Waals surface area contributed by atoms with E-state index in [0.29, 0.717) is 12.2 Å². The van der Waals surface area contributed by atoms with E-state index in [1.165, 1.54) is 5.56 Å². The van der Waals surface area contributed by atoms with Gasteiger partial charge in [0.25, 0.3) is 0 Å². The zero-order chi connectivity index (χ0) is 18.9. The summed E-state index contributed by atoms with van der Waals surface area (Å²) >= 11 is 0. The van der Waals surface area contributed by atoms with Crippen molar-refractivity contribution >= 4 is 13.2 Å². The summed E-state index contributed by atoms with van der Waals surface area (Å²) in [6, 6.07) is 8.72. The summed E-state index contributed by atoms with van der Waals surface area (Å²) in [6.45, 7) is 15.5. The topological polar surface area (TPSA) is 30.9 Å². The second kappa shape index (κ2) is 7.47. The van der Waals surface area contributed by atoms with Crippen molar-refractivity contribution in [2.45, 2.75) is 71.5 Å². The number of nitrogens with zero attached hydrogens (tertiary/aromatic N) is 1. The van der Waals surface area contributed by atoms with Crippen LogP contribution in [0, 0.1) is 0 Å². The van der Waals surface area contributed by atoms with E-state index < -0.39 is 0 Å². The molecule has 0 spiro atoms. The Labute approximate surface area is 158 Å². The summed E-state index contributed by atoms with van der Waals surface area (Å²) < 4.78 is 17.8. The highest BCUT2D eigenvalue weighted by atomic mass is 16.7. The van der Waals surface area contributed by atoms with Crippen molar-refractivity contribution in [3.63, 3.8) is 0 Å². The van der Waals surface area contributed by atoms with E-state index in [1.54, 1.807) is 0 Å². The van der Waals surface area contributed by atoms with E-state index in [0.717, 1.165) is 25.2 Å². The zero-order valence-electron chi connectivity index (χ0n) is 17.0. The number of rotatable bonds is 4. The quantitative estimate of drug-likeness (QED) is 0.764. The van der Waals surface area contributed by atoms with E-state index >= 15 is 0 Å². The molecule has 0 aliphatic carbocycles. The van der Waals surface area contributed by atoms with Gasteiger partial charge in [-0.05, 0) is 52.7 Å². The van der Waals surface area contributed by atoms with E-state index in [9.17, 15) is 0 Å². The predicted molar refractivity (Wildman–Crippen MR) is 107 cm³/mol. The van der Waals surface area contributed by atoms with Crippen molar-refractivity contribution in [1.82, 2.24) is 4.90 Å². The van der Waals surface area contributed by atoms with Crippen LogP contribution in [0.5, 0.6) is 0 Å². The average molecular weight is 357 g/mol. The Bertz CT molecular complexity index is 615. The molecule has 1 aromatic rings. The van der Waals surface area contributed by atoms with Crippen LogP contribution >= 0.6 is 0 Å². The second-order valence-corrected chi connectivity index (χ2v) is 8.68. The molecule has 3 rings (SSSR count). The minimum Gasteiger partial charge on any atom is -0.400 e. The normalized spacial score (nSPS) is 28.8. The van der Waals surface area contributed by atoms with Crippen molar-refractivity contribution in [3.8, 4) is 0 Å². The molecular weight excluding hydrogens is 325 g/mol. The fraction of sp³-hybridized carbons (Fsp3) is 0.619. The SMILES string of the molecule is C[C@@H]1CN(Cc2ccc(/C=C/B3OC(C)(C)C(C)(C)O3)cc2)C[C@H](C)O1. The Balaban J connectivity index is 1.57. The molecule has 0 saturated carbocycles. The third kappa shape index (κ3) is 4.58. The highest BCUT2D eigenvalue weighted by molar-refractivity contribution is 6.52. The van der Waals surface area contributed by atoms with Crippen LogP contribution in [0.1, 0.15) is 52.7 Å². The Morgan fingerprint density at radius 3 is 2.08 bits per heavy atom. The standard InChI is InChI=1S/C21H32BNO3/c1-16-13-23(14-17(2)24-16)15-19-9-7-18(8-10-19)11-12-22-25-20(3,4)21(5,6)26-22/h7-12,16-17H,13-15H2,1-6H3/b12-11+/t16-,17+. The van der Waals surface area contributed by atoms with Crippen LogP contribution in [-0.2, 0) is 20.6 Å². The lowest BCUT2D eigenvalue weighted by molar-refractivity contribution is -0.0704. The highest BCUT2D eigenvalue weighted by Gasteiger charge is 2.49. The van der Waals surface area contributed by atoms with Crippen LogP contribution in [0.3, 0.4) is 0 Å². The molecule has 0 N–H and O–H groups in total. The largest absolute Gasteiger partial charge is 0.487 e. The molecule has 0 bridgehead atoms. The lowest BCUT2D eigenvalue weighted by Gasteiger charge is -2.35. The number of hydrogen-bond donors (Lipinski definition) is 0. The lowest BCUT2D eigenvalue weighted by Crippen LogP contribution is -2.44. The monoisotopic (exact) mass is 357 g/mol. The molecule has 0 aromatic heterocycles. The first kappa shape index (κ1) is 19.6. The first-order valence-electron chi connectivity index (χ1n) is 9.65. The van der Waals surface area contributed by atoms with E-state index in [-0.39, 0.29) is 18.3 Å². The van der Waals surface area contributed by atoms with Gasteiger partial charge in [-0.2, -0.15) is 0 Å². The predicted octanol–water partition coefficient (Wildman–Crippen LogP) is 3.94. The van der Waals surface area contributed by atoms with Crippen LogP contribution in [0.2, 0.25) is 0 Å². The number of ether oxygens (including phenoxy) is 1. The van der Waals surface area contributed by atoms with E-state index in [1.807, 2.05) is 5.98 Å². The van der Waals surface area contributed by atoms with Gasteiger partial charge in [0.05, 0.1) is 23.4 Å². The van der Waals surface area contributed by atoms with Crippen LogP contribution in [0.15, 0.2) is 30.2 Å². The van der Waals surface area contributed by atoms with E-state index in [4.69, 9.17) is 14.0 Å². The van der Waals surface area contributed by atoms with Crippen molar-refractivity contribution in [2.24, 2.45) is 0 Å². The van der Waals surface area contributed by atoms with Gasteiger partial charge in [-0.1, -0.05) is 36.3 Å². The van der Waals surface area contributed by atoms with Crippen LogP contribution in [-0.4, -0.2) is 48.5 Å². The molecule has 2 fully saturated rings. The molecule has 4 nitrogen and oxygen atoms in total. The minimum absolute atomic E-state index is 0.293. The summed E-state index contributed by atoms with van der Waals surface area (Å²) in [5, 5.41) is 0. The van der Waals surface area contributed by atoms with Crippen LogP contribution in [0.4, 0.5) is 0 Å². The molecule has 2 aliphatic heterocycles. The van der Waals surface area contributed by atoms with Gasteiger partial charge in [0.15, 0.2) is 0 Å². The van der Waals surface area contributed by atoms with Gasteiger partial charge in [-0.3, -0.25) is 4.90 Å². The molecule has 5 heteroatoms. The van der Waals surface area contributed by atoms with Gasteiger partial charge in [0.1, 0.15) is 0 Å². The summed E-state index contributed by atoms with van der Waals surface area (Å²) in [5.74, 6) is 2.00. The molecule has 2 saturated heterocycles. The molecule has 0 radical (unpaired) electrons. The molecule has 142 valence electrons. The van der Waals surface area contributed by atoms with Crippen molar-refractivity contribution in [1.29, 1.82) is 0 Å². The maximum absolute atomic E-state index is 6.00. The highest BCUT2D eigenvalue weighted by Crippen LogP contribution is 2.37. The molecule has 2 aliphatic rings. The summed E-state index contributed by atoms with van der Waals surface area (Å²) in [5.41, 5.74) is 1.91. The molecule has 2 atom stereocenters. The zero-order valence-corrected chi connectivity index (χ0v) is 17.0. The second-order valence-electron chi connectivity index (χ2n) is 8.68. The summed E-state index contributed by atoms with van der Waals surface area (Å²) in [7, 11) is -0.295. The Morgan fingerprint density at radius 1 is 1.00 bits per heavy atom. The van der Waals surface area contributed by atoms with Crippen molar-refractivity contribution < 1.29 is 14.0 Å². The first-order valence-corrected chi connectivity index (χ1v) is 9.65. The van der Waals surface area contributed by atoms with Crippen LogP contribution < -0.4 is 0 Å². The fourth-order valence-electron chi connectivity index (χ4n) is 3.56. The maximum Gasteiger partial charge on any atom is 0.487 e. The first-order chi connectivity index (χ1) is 12.1. The molecule has 0 amide bonds. The van der Waals surface area contributed by atoms with Gasteiger partial charge in [-0.15, -0.1) is 0 Å². The minimum atomic E-state index is -0.295. The number of morpholine rings is 1. The van der Waals surface area contributed by atoms with Crippen molar-refractivity contribution in [3.05, 3.63) is 41.4 Å². The summed E-state index contributed by atoms with van der Waals surface area (Å²) in [4.78, 5) is 2.47. The van der Waals surface area contributed by atoms with E-state index in [2.05, 4.69) is 76.8 Å². The van der Waals surface area contributed by atoms with Gasteiger partial charge in [0, 0.05) is 19.6 Å². The van der Waals surface area contributed by atoms with Gasteiger partial charge in [-0.25, -0.2) is 0 Å². The summed E-state index contributed by atoms with van der Waals surface area (Å²) in [6.07, 6.45) is 2.69. The lowest BCUT2D eigenvalue weighted by atomic mass is 9.89.